The third-order valence-electron chi connectivity index (χ3n) is 1.12. The minimum absolute atomic E-state index is 0.294. The van der Waals surface area contributed by atoms with E-state index in [9.17, 15) is 0 Å². The molecule has 0 spiro atoms. The van der Waals surface area contributed by atoms with Crippen LogP contribution in [0.4, 0.5) is 0 Å². The van der Waals surface area contributed by atoms with Gasteiger partial charge in [0.1, 0.15) is 0 Å². The largest absolute Gasteiger partial charge is 0.341 e. The molecule has 0 bridgehead atoms. The molecular formula is C5H6Cl3N3. The van der Waals surface area contributed by atoms with Crippen LogP contribution in [0.25, 0.3) is 0 Å². The SMILES string of the molecule is NCc1cnc(C(Cl)(Cl)Cl)[nH]1. The summed E-state index contributed by atoms with van der Waals surface area (Å²) in [6.07, 6.45) is 1.54. The van der Waals surface area contributed by atoms with Gasteiger partial charge in [-0.1, -0.05) is 34.8 Å². The van der Waals surface area contributed by atoms with Crippen LogP contribution in [0, 0.1) is 0 Å². The highest BCUT2D eigenvalue weighted by molar-refractivity contribution is 6.66. The predicted molar refractivity (Wildman–Crippen MR) is 45.7 cm³/mol. The maximum absolute atomic E-state index is 5.53. The van der Waals surface area contributed by atoms with E-state index in [4.69, 9.17) is 40.5 Å². The van der Waals surface area contributed by atoms with Gasteiger partial charge in [0.2, 0.25) is 3.79 Å². The quantitative estimate of drug-likeness (QED) is 0.699. The van der Waals surface area contributed by atoms with Gasteiger partial charge in [0.05, 0.1) is 0 Å². The first-order valence-corrected chi connectivity index (χ1v) is 3.98. The molecule has 0 fully saturated rings. The van der Waals surface area contributed by atoms with Gasteiger partial charge in [0, 0.05) is 18.4 Å². The fourth-order valence-electron chi connectivity index (χ4n) is 0.607. The van der Waals surface area contributed by atoms with Crippen molar-refractivity contribution < 1.29 is 0 Å². The van der Waals surface area contributed by atoms with Gasteiger partial charge >= 0.3 is 0 Å². The molecule has 1 aromatic rings. The Balaban J connectivity index is 2.89. The maximum atomic E-state index is 5.53. The topological polar surface area (TPSA) is 54.7 Å². The first-order valence-electron chi connectivity index (χ1n) is 2.85. The number of imidazole rings is 1. The second-order valence-electron chi connectivity index (χ2n) is 1.96. The summed E-state index contributed by atoms with van der Waals surface area (Å²) in [6, 6.07) is 0. The van der Waals surface area contributed by atoms with Crippen LogP contribution in [0.15, 0.2) is 6.20 Å². The molecule has 1 rings (SSSR count). The summed E-state index contributed by atoms with van der Waals surface area (Å²) in [7, 11) is 0. The summed E-state index contributed by atoms with van der Waals surface area (Å²) in [5.41, 5.74) is 6.05. The Bertz CT molecular complexity index is 239. The van der Waals surface area contributed by atoms with Crippen molar-refractivity contribution in [3.05, 3.63) is 17.7 Å². The van der Waals surface area contributed by atoms with Crippen LogP contribution in [0.2, 0.25) is 0 Å². The molecular weight excluding hydrogens is 208 g/mol. The first-order chi connectivity index (χ1) is 5.04. The Morgan fingerprint density at radius 2 is 2.18 bits per heavy atom. The smallest absolute Gasteiger partial charge is 0.248 e. The summed E-state index contributed by atoms with van der Waals surface area (Å²) in [4.78, 5) is 6.60. The minimum atomic E-state index is -1.49. The molecule has 0 unspecified atom stereocenters. The lowest BCUT2D eigenvalue weighted by molar-refractivity contribution is 0.968. The number of alkyl halides is 3. The Morgan fingerprint density at radius 3 is 2.45 bits per heavy atom. The van der Waals surface area contributed by atoms with Crippen LogP contribution in [0.5, 0.6) is 0 Å². The van der Waals surface area contributed by atoms with Crippen molar-refractivity contribution in [1.29, 1.82) is 0 Å². The lowest BCUT2D eigenvalue weighted by atomic mass is 10.5. The number of halogens is 3. The molecule has 0 aliphatic carbocycles. The van der Waals surface area contributed by atoms with Crippen molar-refractivity contribution in [3.8, 4) is 0 Å². The van der Waals surface area contributed by atoms with E-state index in [1.807, 2.05) is 0 Å². The minimum Gasteiger partial charge on any atom is -0.341 e. The van der Waals surface area contributed by atoms with Crippen LogP contribution < -0.4 is 5.73 Å². The van der Waals surface area contributed by atoms with E-state index in [0.29, 0.717) is 12.4 Å². The fraction of sp³-hybridized carbons (Fsp3) is 0.400. The molecule has 6 heteroatoms. The van der Waals surface area contributed by atoms with Crippen LogP contribution in [-0.2, 0) is 10.3 Å². The standard InChI is InChI=1S/C5H6Cl3N3/c6-5(7,8)4-10-2-3(1-9)11-4/h2H,1,9H2,(H,10,11). The molecule has 1 heterocycles. The van der Waals surface area contributed by atoms with Gasteiger partial charge in [0.15, 0.2) is 5.82 Å². The van der Waals surface area contributed by atoms with E-state index >= 15 is 0 Å². The molecule has 0 radical (unpaired) electrons. The molecule has 3 nitrogen and oxygen atoms in total. The number of hydrogen-bond donors (Lipinski definition) is 2. The number of hydrogen-bond acceptors (Lipinski definition) is 2. The Hall–Kier alpha value is 0.0400. The molecule has 1 aromatic heterocycles. The van der Waals surface area contributed by atoms with Crippen molar-refractivity contribution in [3.63, 3.8) is 0 Å². The molecule has 0 saturated carbocycles. The van der Waals surface area contributed by atoms with Gasteiger partial charge in [0.25, 0.3) is 0 Å². The number of H-pyrrole nitrogens is 1. The van der Waals surface area contributed by atoms with Crippen LogP contribution in [0.3, 0.4) is 0 Å². The summed E-state index contributed by atoms with van der Waals surface area (Å²) >= 11 is 16.6. The Morgan fingerprint density at radius 1 is 1.55 bits per heavy atom. The summed E-state index contributed by atoms with van der Waals surface area (Å²) in [5, 5.41) is 0. The van der Waals surface area contributed by atoms with E-state index in [0.717, 1.165) is 5.69 Å². The normalized spacial score (nSPS) is 12.0. The van der Waals surface area contributed by atoms with Crippen molar-refractivity contribution in [1.82, 2.24) is 9.97 Å². The number of aromatic nitrogens is 2. The second-order valence-corrected chi connectivity index (χ2v) is 4.24. The summed E-state index contributed by atoms with van der Waals surface area (Å²) in [6.45, 7) is 0.355. The number of nitrogens with one attached hydrogen (secondary N) is 1. The fourth-order valence-corrected chi connectivity index (χ4v) is 0.895. The van der Waals surface area contributed by atoms with Gasteiger partial charge in [-0.15, -0.1) is 0 Å². The van der Waals surface area contributed by atoms with E-state index in [2.05, 4.69) is 9.97 Å². The zero-order valence-electron chi connectivity index (χ0n) is 5.44. The van der Waals surface area contributed by atoms with E-state index < -0.39 is 3.79 Å². The van der Waals surface area contributed by atoms with Crippen molar-refractivity contribution in [2.45, 2.75) is 10.3 Å². The average molecular weight is 214 g/mol. The van der Waals surface area contributed by atoms with E-state index in [1.54, 1.807) is 0 Å². The second kappa shape index (κ2) is 3.19. The van der Waals surface area contributed by atoms with Gasteiger partial charge in [-0.3, -0.25) is 0 Å². The van der Waals surface area contributed by atoms with Gasteiger partial charge < -0.3 is 10.7 Å². The van der Waals surface area contributed by atoms with Crippen LogP contribution in [-0.4, -0.2) is 9.97 Å². The summed E-state index contributed by atoms with van der Waals surface area (Å²) in [5.74, 6) is 0.294. The highest BCUT2D eigenvalue weighted by atomic mass is 35.6. The van der Waals surface area contributed by atoms with Crippen molar-refractivity contribution >= 4 is 34.8 Å². The van der Waals surface area contributed by atoms with Gasteiger partial charge in [-0.05, 0) is 0 Å². The molecule has 62 valence electrons. The Kier molecular flexibility index (Phi) is 2.65. The zero-order valence-corrected chi connectivity index (χ0v) is 7.71. The molecule has 0 aliphatic heterocycles. The first kappa shape index (κ1) is 9.13. The predicted octanol–water partition coefficient (Wildman–Crippen LogP) is 1.70. The van der Waals surface area contributed by atoms with Crippen LogP contribution in [0.1, 0.15) is 11.5 Å². The van der Waals surface area contributed by atoms with Gasteiger partial charge in [-0.25, -0.2) is 4.98 Å². The maximum Gasteiger partial charge on any atom is 0.248 e. The third kappa shape index (κ3) is 2.24. The van der Waals surface area contributed by atoms with Crippen molar-refractivity contribution in [2.24, 2.45) is 5.73 Å². The number of rotatable bonds is 1. The molecule has 0 saturated heterocycles. The number of aromatic amines is 1. The zero-order chi connectivity index (χ0) is 8.48. The molecule has 3 N–H and O–H groups in total. The van der Waals surface area contributed by atoms with Gasteiger partial charge in [-0.2, -0.15) is 0 Å². The molecule has 0 aliphatic rings. The number of nitrogens with zero attached hydrogens (tertiary/aromatic N) is 1. The molecule has 0 aromatic carbocycles. The monoisotopic (exact) mass is 213 g/mol. The molecule has 11 heavy (non-hydrogen) atoms. The highest BCUT2D eigenvalue weighted by Gasteiger charge is 2.26. The number of nitrogens with two attached hydrogens (primary N) is 1. The lowest BCUT2D eigenvalue weighted by Gasteiger charge is -2.05. The van der Waals surface area contributed by atoms with Crippen molar-refractivity contribution in [2.75, 3.05) is 0 Å². The summed E-state index contributed by atoms with van der Waals surface area (Å²) < 4.78 is -1.49. The molecule has 0 atom stereocenters. The van der Waals surface area contributed by atoms with E-state index in [1.165, 1.54) is 6.20 Å². The highest BCUT2D eigenvalue weighted by Crippen LogP contribution is 2.35. The molecule has 0 amide bonds. The third-order valence-corrected chi connectivity index (χ3v) is 1.65. The van der Waals surface area contributed by atoms with E-state index in [-0.39, 0.29) is 0 Å². The lowest BCUT2D eigenvalue weighted by Crippen LogP contribution is -2.03. The Labute approximate surface area is 78.8 Å². The van der Waals surface area contributed by atoms with Crippen LogP contribution >= 0.6 is 34.8 Å². The average Bonchev–Trinajstić information content (AvgIpc) is 2.32.